The van der Waals surface area contributed by atoms with Crippen molar-refractivity contribution in [2.75, 3.05) is 14.2 Å². The first kappa shape index (κ1) is 9.67. The van der Waals surface area contributed by atoms with E-state index in [1.54, 1.807) is 6.07 Å². The SMILES string of the molecule is COc1ccc(O)c(CN)c1OC. The maximum absolute atomic E-state index is 9.43. The van der Waals surface area contributed by atoms with Gasteiger partial charge in [0.25, 0.3) is 0 Å². The summed E-state index contributed by atoms with van der Waals surface area (Å²) in [6.07, 6.45) is 0. The van der Waals surface area contributed by atoms with Gasteiger partial charge in [-0.3, -0.25) is 0 Å². The lowest BCUT2D eigenvalue weighted by Gasteiger charge is -2.12. The van der Waals surface area contributed by atoms with Crippen LogP contribution in [0.1, 0.15) is 5.56 Å². The molecule has 1 rings (SSSR count). The molecule has 1 aromatic carbocycles. The molecule has 0 bridgehead atoms. The second kappa shape index (κ2) is 4.00. The molecule has 13 heavy (non-hydrogen) atoms. The number of nitrogens with two attached hydrogens (primary N) is 1. The maximum atomic E-state index is 9.43. The van der Waals surface area contributed by atoms with Crippen molar-refractivity contribution in [2.45, 2.75) is 6.54 Å². The molecule has 0 heterocycles. The minimum absolute atomic E-state index is 0.125. The molecule has 0 aliphatic heterocycles. The monoisotopic (exact) mass is 183 g/mol. The fourth-order valence-electron chi connectivity index (χ4n) is 1.18. The Labute approximate surface area is 76.9 Å². The highest BCUT2D eigenvalue weighted by Crippen LogP contribution is 2.36. The van der Waals surface area contributed by atoms with Gasteiger partial charge in [-0.15, -0.1) is 0 Å². The zero-order valence-corrected chi connectivity index (χ0v) is 7.70. The molecule has 0 aromatic heterocycles. The number of phenols is 1. The van der Waals surface area contributed by atoms with Crippen LogP contribution in [-0.2, 0) is 6.54 Å². The van der Waals surface area contributed by atoms with Crippen LogP contribution in [0.3, 0.4) is 0 Å². The molecule has 4 nitrogen and oxygen atoms in total. The van der Waals surface area contributed by atoms with Crippen LogP contribution in [0.2, 0.25) is 0 Å². The number of aromatic hydroxyl groups is 1. The van der Waals surface area contributed by atoms with Crippen LogP contribution in [0, 0.1) is 0 Å². The van der Waals surface area contributed by atoms with Gasteiger partial charge in [-0.1, -0.05) is 0 Å². The van der Waals surface area contributed by atoms with Gasteiger partial charge in [0.2, 0.25) is 0 Å². The molecule has 0 unspecified atom stereocenters. The second-order valence-electron chi connectivity index (χ2n) is 2.50. The second-order valence-corrected chi connectivity index (χ2v) is 2.50. The van der Waals surface area contributed by atoms with E-state index in [4.69, 9.17) is 15.2 Å². The van der Waals surface area contributed by atoms with Gasteiger partial charge in [-0.05, 0) is 12.1 Å². The van der Waals surface area contributed by atoms with Gasteiger partial charge < -0.3 is 20.3 Å². The van der Waals surface area contributed by atoms with Crippen LogP contribution in [0.25, 0.3) is 0 Å². The predicted molar refractivity (Wildman–Crippen MR) is 49.1 cm³/mol. The zero-order chi connectivity index (χ0) is 9.84. The summed E-state index contributed by atoms with van der Waals surface area (Å²) in [4.78, 5) is 0. The van der Waals surface area contributed by atoms with E-state index < -0.39 is 0 Å². The average molecular weight is 183 g/mol. The van der Waals surface area contributed by atoms with E-state index in [1.165, 1.54) is 20.3 Å². The van der Waals surface area contributed by atoms with E-state index >= 15 is 0 Å². The fourth-order valence-corrected chi connectivity index (χ4v) is 1.18. The zero-order valence-electron chi connectivity index (χ0n) is 7.70. The fraction of sp³-hybridized carbons (Fsp3) is 0.333. The third kappa shape index (κ3) is 1.67. The Morgan fingerprint density at radius 3 is 2.46 bits per heavy atom. The number of phenolic OH excluding ortho intramolecular Hbond substituents is 1. The summed E-state index contributed by atoms with van der Waals surface area (Å²) in [5, 5.41) is 9.43. The van der Waals surface area contributed by atoms with Gasteiger partial charge in [0.15, 0.2) is 11.5 Å². The normalized spacial score (nSPS) is 9.77. The molecule has 72 valence electrons. The quantitative estimate of drug-likeness (QED) is 0.729. The van der Waals surface area contributed by atoms with Gasteiger partial charge in [-0.2, -0.15) is 0 Å². The van der Waals surface area contributed by atoms with Crippen molar-refractivity contribution in [1.29, 1.82) is 0 Å². The molecule has 4 heteroatoms. The molecule has 0 spiro atoms. The van der Waals surface area contributed by atoms with Gasteiger partial charge >= 0.3 is 0 Å². The van der Waals surface area contributed by atoms with Crippen molar-refractivity contribution in [3.8, 4) is 17.2 Å². The molecular weight excluding hydrogens is 170 g/mol. The first-order chi connectivity index (χ1) is 6.24. The van der Waals surface area contributed by atoms with E-state index in [9.17, 15) is 5.11 Å². The Bertz CT molecular complexity index is 299. The van der Waals surface area contributed by atoms with Gasteiger partial charge in [0, 0.05) is 6.54 Å². The van der Waals surface area contributed by atoms with Crippen LogP contribution in [-0.4, -0.2) is 19.3 Å². The number of ether oxygens (including phenoxy) is 2. The summed E-state index contributed by atoms with van der Waals surface area (Å²) < 4.78 is 10.1. The Hall–Kier alpha value is -1.42. The summed E-state index contributed by atoms with van der Waals surface area (Å²) >= 11 is 0. The molecule has 0 saturated heterocycles. The number of hydrogen-bond donors (Lipinski definition) is 2. The number of methoxy groups -OCH3 is 2. The first-order valence-corrected chi connectivity index (χ1v) is 3.87. The van der Waals surface area contributed by atoms with E-state index in [1.807, 2.05) is 0 Å². The summed E-state index contributed by atoms with van der Waals surface area (Å²) in [6.45, 7) is 0.214. The highest BCUT2D eigenvalue weighted by molar-refractivity contribution is 5.53. The van der Waals surface area contributed by atoms with Crippen molar-refractivity contribution >= 4 is 0 Å². The lowest BCUT2D eigenvalue weighted by Crippen LogP contribution is -2.01. The smallest absolute Gasteiger partial charge is 0.168 e. The van der Waals surface area contributed by atoms with Gasteiger partial charge in [0.1, 0.15) is 5.75 Å². The Balaban J connectivity index is 3.27. The maximum Gasteiger partial charge on any atom is 0.168 e. The molecule has 1 aromatic rings. The largest absolute Gasteiger partial charge is 0.507 e. The van der Waals surface area contributed by atoms with Gasteiger partial charge in [-0.25, -0.2) is 0 Å². The van der Waals surface area contributed by atoms with E-state index in [-0.39, 0.29) is 12.3 Å². The highest BCUT2D eigenvalue weighted by Gasteiger charge is 2.12. The molecule has 3 N–H and O–H groups in total. The lowest BCUT2D eigenvalue weighted by molar-refractivity contribution is 0.347. The van der Waals surface area contributed by atoms with Crippen LogP contribution in [0.15, 0.2) is 12.1 Å². The van der Waals surface area contributed by atoms with Crippen molar-refractivity contribution in [3.63, 3.8) is 0 Å². The van der Waals surface area contributed by atoms with Gasteiger partial charge in [0.05, 0.1) is 19.8 Å². The summed E-state index contributed by atoms with van der Waals surface area (Å²) in [5.41, 5.74) is 6.01. The predicted octanol–water partition coefficient (Wildman–Crippen LogP) is 0.868. The average Bonchev–Trinajstić information content (AvgIpc) is 2.17. The molecule has 0 fully saturated rings. The van der Waals surface area contributed by atoms with E-state index in [0.29, 0.717) is 17.1 Å². The molecule has 0 aliphatic rings. The van der Waals surface area contributed by atoms with Crippen LogP contribution in [0.5, 0.6) is 17.2 Å². The van der Waals surface area contributed by atoms with Crippen molar-refractivity contribution in [2.24, 2.45) is 5.73 Å². The minimum atomic E-state index is 0.125. The first-order valence-electron chi connectivity index (χ1n) is 3.87. The van der Waals surface area contributed by atoms with E-state index in [2.05, 4.69) is 0 Å². The van der Waals surface area contributed by atoms with Crippen molar-refractivity contribution < 1.29 is 14.6 Å². The van der Waals surface area contributed by atoms with Crippen molar-refractivity contribution in [1.82, 2.24) is 0 Å². The van der Waals surface area contributed by atoms with Crippen molar-refractivity contribution in [3.05, 3.63) is 17.7 Å². The Morgan fingerprint density at radius 1 is 1.31 bits per heavy atom. The topological polar surface area (TPSA) is 64.7 Å². The highest BCUT2D eigenvalue weighted by atomic mass is 16.5. The van der Waals surface area contributed by atoms with Crippen LogP contribution >= 0.6 is 0 Å². The molecule has 0 radical (unpaired) electrons. The third-order valence-corrected chi connectivity index (χ3v) is 1.83. The molecule has 0 atom stereocenters. The molecule has 0 amide bonds. The molecule has 0 saturated carbocycles. The standard InChI is InChI=1S/C9H13NO3/c1-12-8-4-3-7(11)6(5-10)9(8)13-2/h3-4,11H,5,10H2,1-2H3. The molecule has 0 aliphatic carbocycles. The van der Waals surface area contributed by atoms with E-state index in [0.717, 1.165) is 0 Å². The third-order valence-electron chi connectivity index (χ3n) is 1.83. The number of benzene rings is 1. The summed E-state index contributed by atoms with van der Waals surface area (Å²) in [6, 6.07) is 3.16. The number of rotatable bonds is 3. The summed E-state index contributed by atoms with van der Waals surface area (Å²) in [7, 11) is 3.05. The Kier molecular flexibility index (Phi) is 2.97. The summed E-state index contributed by atoms with van der Waals surface area (Å²) in [5.74, 6) is 1.19. The van der Waals surface area contributed by atoms with Crippen LogP contribution < -0.4 is 15.2 Å². The molecular formula is C9H13NO3. The number of hydrogen-bond acceptors (Lipinski definition) is 4. The Morgan fingerprint density at radius 2 is 2.00 bits per heavy atom. The van der Waals surface area contributed by atoms with Crippen LogP contribution in [0.4, 0.5) is 0 Å². The lowest BCUT2D eigenvalue weighted by atomic mass is 10.1. The minimum Gasteiger partial charge on any atom is -0.507 e.